The third kappa shape index (κ3) is 14.4. The van der Waals surface area contributed by atoms with Gasteiger partial charge < -0.3 is 41.1 Å². The van der Waals surface area contributed by atoms with E-state index in [1.54, 1.807) is 0 Å². The molecule has 28 heteroatoms. The number of nitrogens with one attached hydrogen (secondary N) is 1. The maximum absolute atomic E-state index is 14.1. The average Bonchev–Trinajstić information content (AvgIpc) is 3.05. The predicted octanol–water partition coefficient (Wildman–Crippen LogP) is -5.57. The van der Waals surface area contributed by atoms with Gasteiger partial charge in [-0.05, 0) is 30.3 Å². The van der Waals surface area contributed by atoms with Crippen LogP contribution in [0.15, 0.2) is 90.9 Å². The molecule has 0 aliphatic carbocycles. The smallest absolute Gasteiger partial charge is 0.744 e. The second-order valence-corrected chi connectivity index (χ2v) is 11.3. The van der Waals surface area contributed by atoms with Crippen molar-refractivity contribution in [1.82, 2.24) is 9.97 Å². The molecule has 0 atom stereocenters. The van der Waals surface area contributed by atoms with Gasteiger partial charge >= 0.3 is 112 Å². The van der Waals surface area contributed by atoms with Crippen molar-refractivity contribution in [3.05, 3.63) is 89.2 Å². The minimum atomic E-state index is -5.44. The van der Waals surface area contributed by atoms with Gasteiger partial charge in [-0.1, -0.05) is 18.2 Å². The summed E-state index contributed by atoms with van der Waals surface area (Å²) < 4.78 is 72.5. The van der Waals surface area contributed by atoms with E-state index in [1.165, 1.54) is 30.3 Å². The molecular weight excluding hydrogens is 845 g/mol. The minimum Gasteiger partial charge on any atom is -0.744 e. The summed E-state index contributed by atoms with van der Waals surface area (Å²) in [5.41, 5.74) is 1.85. The Morgan fingerprint density at radius 3 is 2.23 bits per heavy atom. The molecule has 0 aliphatic rings. The Morgan fingerprint density at radius 1 is 0.962 bits per heavy atom. The number of hydrogen-bond acceptors (Lipinski definition) is 18. The summed E-state index contributed by atoms with van der Waals surface area (Å²) in [5, 5.41) is 60.8. The zero-order chi connectivity index (χ0) is 34.8. The van der Waals surface area contributed by atoms with E-state index in [9.17, 15) is 47.3 Å². The van der Waals surface area contributed by atoms with Gasteiger partial charge in [0.15, 0.2) is 11.7 Å². The fourth-order valence-corrected chi connectivity index (χ4v) is 4.94. The summed E-state index contributed by atoms with van der Waals surface area (Å²) in [4.78, 5) is 17.4. The molecule has 1 heterocycles. The average molecular weight is 858 g/mol. The van der Waals surface area contributed by atoms with E-state index in [4.69, 9.17) is 0 Å². The number of carboxylic acid groups (broad SMARTS) is 1. The van der Waals surface area contributed by atoms with Gasteiger partial charge in [-0.3, -0.25) is 10.1 Å². The van der Waals surface area contributed by atoms with Gasteiger partial charge in [0.1, 0.15) is 27.9 Å². The molecule has 4 aromatic rings. The fourth-order valence-electron chi connectivity index (χ4n) is 3.48. The number of rotatable bonds is 14. The maximum Gasteiger partial charge on any atom is 1.00 e. The van der Waals surface area contributed by atoms with E-state index in [0.29, 0.717) is 36.5 Å². The molecule has 0 saturated heterocycles. The molecule has 0 bridgehead atoms. The molecule has 1 aromatic heterocycles. The number of phenolic OH excluding ortho intramolecular Hbond substituents is 1. The van der Waals surface area contributed by atoms with Gasteiger partial charge in [0, 0.05) is 32.7 Å². The van der Waals surface area contributed by atoms with E-state index in [1.807, 2.05) is 0 Å². The maximum atomic E-state index is 14.1. The van der Waals surface area contributed by atoms with E-state index in [0.717, 1.165) is 18.2 Å². The van der Waals surface area contributed by atoms with Crippen molar-refractivity contribution in [3.8, 4) is 5.75 Å². The predicted molar refractivity (Wildman–Crippen MR) is 151 cm³/mol. The summed E-state index contributed by atoms with van der Waals surface area (Å²) in [6.45, 7) is 0. The first-order valence-electron chi connectivity index (χ1n) is 12.1. The number of carboxylic acids is 1. The number of halogens is 2. The molecular formula is C24H13CuF2N7Na3O12S3. The van der Waals surface area contributed by atoms with Crippen LogP contribution in [-0.2, 0) is 45.9 Å². The topological polar surface area (TPSA) is 287 Å². The van der Waals surface area contributed by atoms with Crippen molar-refractivity contribution in [3.63, 3.8) is 0 Å². The van der Waals surface area contributed by atoms with E-state index >= 15 is 0 Å². The molecule has 0 fully saturated rings. The van der Waals surface area contributed by atoms with Crippen molar-refractivity contribution in [2.24, 2.45) is 15.3 Å². The van der Waals surface area contributed by atoms with Gasteiger partial charge in [-0.2, -0.15) is 17.4 Å². The Labute approximate surface area is 376 Å². The van der Waals surface area contributed by atoms with Crippen LogP contribution in [0.4, 0.5) is 31.7 Å². The van der Waals surface area contributed by atoms with Crippen LogP contribution < -0.4 is 105 Å². The zero-order valence-electron chi connectivity index (χ0n) is 26.2. The first-order valence-corrected chi connectivity index (χ1v) is 15.0. The van der Waals surface area contributed by atoms with Gasteiger partial charge in [-0.25, -0.2) is 23.2 Å². The molecule has 262 valence electrons. The number of phenols is 1. The number of aromatic hydroxyl groups is 1. The standard InChI is InChI=1S/C24H17F2N7O12S3.Cu.3Na/c25-19-21(26)27-10-28-23(19)29-12-7-17(34)20(18(8-12)48(39,40)41)31-33-22(11-2-1-3-13(6-11)46-44-42-37)32-30-16-9-14(47-45-43-38)4-5-15(16)24(35)36;;;;/h1-10H,(H7,27,28,29,30,31,32,33,34,35,36,37,38,39,40,41);;;;/q;4*+1/p-4. The van der Waals surface area contributed by atoms with Crippen molar-refractivity contribution >= 4 is 68.9 Å². The Kier molecular flexibility index (Phi) is 23.6. The number of azo groups is 1. The normalized spacial score (nSPS) is 11.1. The van der Waals surface area contributed by atoms with Crippen LogP contribution in [0, 0.1) is 11.8 Å². The first-order chi connectivity index (χ1) is 22.9. The Bertz CT molecular complexity index is 2010. The number of hydrogen-bond donors (Lipinski definition) is 3. The number of aromatic carboxylic acids is 1. The fraction of sp³-hybridized carbons (Fsp3) is 0. The second kappa shape index (κ2) is 24.2. The monoisotopic (exact) mass is 857 g/mol. The molecule has 0 aliphatic heterocycles. The molecule has 0 saturated carbocycles. The number of benzene rings is 3. The van der Waals surface area contributed by atoms with Crippen LogP contribution >= 0.6 is 24.1 Å². The molecule has 52 heavy (non-hydrogen) atoms. The Balaban J connectivity index is 0.00000650. The summed E-state index contributed by atoms with van der Waals surface area (Å²) in [7, 11) is -5.44. The molecule has 0 unspecified atom stereocenters. The number of carbonyl (C=O) groups is 1. The third-order valence-corrected chi connectivity index (χ3v) is 7.43. The molecule has 4 rings (SSSR count). The number of aromatic nitrogens is 2. The first kappa shape index (κ1) is 50.6. The molecule has 0 spiro atoms. The van der Waals surface area contributed by atoms with Gasteiger partial charge in [0.2, 0.25) is 5.82 Å². The van der Waals surface area contributed by atoms with Crippen LogP contribution in [0.2, 0.25) is 0 Å². The van der Waals surface area contributed by atoms with Crippen molar-refractivity contribution in [2.75, 3.05) is 5.32 Å². The minimum absolute atomic E-state index is 0. The molecule has 19 nitrogen and oxygen atoms in total. The largest absolute Gasteiger partial charge is 1.00 e. The van der Waals surface area contributed by atoms with E-state index in [-0.39, 0.29) is 132 Å². The van der Waals surface area contributed by atoms with E-state index < -0.39 is 61.5 Å². The number of nitrogens with zero attached hydrogens (tertiary/aromatic N) is 6. The van der Waals surface area contributed by atoms with Crippen molar-refractivity contribution in [1.29, 1.82) is 0 Å². The van der Waals surface area contributed by atoms with Crippen LogP contribution in [0.3, 0.4) is 0 Å². The van der Waals surface area contributed by atoms with Gasteiger partial charge in [0.05, 0.1) is 29.0 Å². The summed E-state index contributed by atoms with van der Waals surface area (Å²) in [6, 6.07) is 10.5. The Morgan fingerprint density at radius 2 is 1.62 bits per heavy atom. The molecule has 0 radical (unpaired) electrons. The summed E-state index contributed by atoms with van der Waals surface area (Å²) >= 11 is 0.871. The molecule has 3 N–H and O–H groups in total. The van der Waals surface area contributed by atoms with Crippen LogP contribution in [-0.4, -0.2) is 45.0 Å². The summed E-state index contributed by atoms with van der Waals surface area (Å²) in [6.07, 6.45) is 0.650. The second-order valence-electron chi connectivity index (χ2n) is 8.42. The van der Waals surface area contributed by atoms with E-state index in [2.05, 4.69) is 54.8 Å². The Hall–Kier alpha value is -1.37. The van der Waals surface area contributed by atoms with Crippen molar-refractivity contribution < 1.29 is 172 Å². The third-order valence-electron chi connectivity index (χ3n) is 5.44. The molecule has 0 amide bonds. The van der Waals surface area contributed by atoms with Crippen LogP contribution in [0.5, 0.6) is 5.75 Å². The van der Waals surface area contributed by atoms with Crippen LogP contribution in [0.1, 0.15) is 15.9 Å². The van der Waals surface area contributed by atoms with Crippen molar-refractivity contribution in [2.45, 2.75) is 14.7 Å². The molecule has 3 aromatic carbocycles. The SMILES string of the molecule is O=C(O)c1ccc(SOO[O-])cc1[N-]/N=C(\N=Nc1c(O)cc(Nc2ncnc(F)c2F)cc1S(=O)(=O)[O-])c1cccc(SOO[O-])c1.[Cu+].[Na+].[Na+].[Na+]. The number of amidine groups is 1. The zero-order valence-corrected chi connectivity index (χ0v) is 35.6. The summed E-state index contributed by atoms with van der Waals surface area (Å²) in [5.74, 6) is -6.79. The van der Waals surface area contributed by atoms with Crippen LogP contribution in [0.25, 0.3) is 5.43 Å². The van der Waals surface area contributed by atoms with Gasteiger partial charge in [-0.15, -0.1) is 15.9 Å². The quantitative estimate of drug-likeness (QED) is 0.0123. The van der Waals surface area contributed by atoms with Gasteiger partial charge in [0.25, 0.3) is 5.95 Å². The number of anilines is 2.